The number of nitrogens with one attached hydrogen (secondary N) is 1. The van der Waals surface area contributed by atoms with Gasteiger partial charge in [-0.1, -0.05) is 24.3 Å². The number of carbonyl (C=O) groups is 2. The molecule has 3 rings (SSSR count). The average molecular weight is 425 g/mol. The number of thioether (sulfide) groups is 1. The second kappa shape index (κ2) is 9.63. The lowest BCUT2D eigenvalue weighted by Crippen LogP contribution is -2.19. The molecule has 1 aliphatic heterocycles. The van der Waals surface area contributed by atoms with Gasteiger partial charge in [-0.3, -0.25) is 4.79 Å². The van der Waals surface area contributed by atoms with E-state index < -0.39 is 5.97 Å². The van der Waals surface area contributed by atoms with Crippen LogP contribution >= 0.6 is 11.8 Å². The molecule has 0 aliphatic carbocycles. The normalized spacial score (nSPS) is 16.2. The van der Waals surface area contributed by atoms with Gasteiger partial charge in [0.05, 0.1) is 16.7 Å². The Bertz CT molecular complexity index is 1010. The number of hydrogen-bond acceptors (Lipinski definition) is 6. The molecule has 2 aromatic carbocycles. The Labute approximate surface area is 180 Å². The highest BCUT2D eigenvalue weighted by atomic mass is 32.2. The van der Waals surface area contributed by atoms with Crippen molar-refractivity contribution in [2.45, 2.75) is 33.8 Å². The summed E-state index contributed by atoms with van der Waals surface area (Å²) in [7, 11) is 0. The second-order valence-electron chi connectivity index (χ2n) is 7.10. The first kappa shape index (κ1) is 21.6. The summed E-state index contributed by atoms with van der Waals surface area (Å²) in [5.41, 5.74) is 3.93. The number of rotatable bonds is 6. The van der Waals surface area contributed by atoms with E-state index in [1.807, 2.05) is 44.2 Å². The maximum Gasteiger partial charge on any atom is 0.344 e. The zero-order valence-electron chi connectivity index (χ0n) is 17.4. The van der Waals surface area contributed by atoms with E-state index in [1.54, 1.807) is 32.1 Å². The van der Waals surface area contributed by atoms with Gasteiger partial charge in [0, 0.05) is 0 Å². The fraction of sp³-hybridized carbons (Fsp3) is 0.261. The summed E-state index contributed by atoms with van der Waals surface area (Å²) in [6.45, 7) is 7.48. The first-order valence-electron chi connectivity index (χ1n) is 9.60. The number of hydrogen-bond donors (Lipinski definition) is 1. The zero-order valence-corrected chi connectivity index (χ0v) is 18.2. The zero-order chi connectivity index (χ0) is 21.7. The van der Waals surface area contributed by atoms with Crippen molar-refractivity contribution in [1.82, 2.24) is 5.32 Å². The van der Waals surface area contributed by atoms with Crippen LogP contribution in [0, 0.1) is 13.8 Å². The molecule has 1 N–H and O–H groups in total. The third-order valence-corrected chi connectivity index (χ3v) is 5.26. The SMILES string of the molecule is Cc1cccc(N=C2NC(=O)/C(=C/c3ccc(OCC(=O)OC(C)C)cc3)S2)c1C. The number of ether oxygens (including phenoxy) is 2. The van der Waals surface area contributed by atoms with E-state index in [0.29, 0.717) is 15.8 Å². The van der Waals surface area contributed by atoms with E-state index in [4.69, 9.17) is 9.47 Å². The van der Waals surface area contributed by atoms with Crippen molar-refractivity contribution in [3.05, 3.63) is 64.1 Å². The van der Waals surface area contributed by atoms with Crippen molar-refractivity contribution in [2.24, 2.45) is 4.99 Å². The van der Waals surface area contributed by atoms with Crippen LogP contribution in [0.1, 0.15) is 30.5 Å². The van der Waals surface area contributed by atoms with Gasteiger partial charge in [0.2, 0.25) is 0 Å². The van der Waals surface area contributed by atoms with Gasteiger partial charge >= 0.3 is 5.97 Å². The molecular formula is C23H24N2O4S. The molecule has 1 amide bonds. The van der Waals surface area contributed by atoms with Crippen LogP contribution in [0.4, 0.5) is 5.69 Å². The van der Waals surface area contributed by atoms with Gasteiger partial charge in [-0.2, -0.15) is 0 Å². The lowest BCUT2D eigenvalue weighted by Gasteiger charge is -2.09. The molecule has 0 bridgehead atoms. The summed E-state index contributed by atoms with van der Waals surface area (Å²) in [4.78, 5) is 29.0. The summed E-state index contributed by atoms with van der Waals surface area (Å²) in [6, 6.07) is 13.1. The van der Waals surface area contributed by atoms with E-state index in [1.165, 1.54) is 11.8 Å². The molecule has 0 unspecified atom stereocenters. The van der Waals surface area contributed by atoms with Crippen molar-refractivity contribution in [3.8, 4) is 5.75 Å². The first-order valence-corrected chi connectivity index (χ1v) is 10.4. The number of aliphatic imine (C=N–C) groups is 1. The molecule has 0 saturated carbocycles. The van der Waals surface area contributed by atoms with Crippen molar-refractivity contribution in [3.63, 3.8) is 0 Å². The number of aryl methyl sites for hydroxylation is 1. The minimum Gasteiger partial charge on any atom is -0.482 e. The Morgan fingerprint density at radius 3 is 2.60 bits per heavy atom. The fourth-order valence-electron chi connectivity index (χ4n) is 2.70. The Morgan fingerprint density at radius 2 is 1.90 bits per heavy atom. The molecule has 1 heterocycles. The Hall–Kier alpha value is -3.06. The van der Waals surface area contributed by atoms with Crippen LogP contribution in [0.15, 0.2) is 52.4 Å². The molecule has 1 aliphatic rings. The highest BCUT2D eigenvalue weighted by molar-refractivity contribution is 8.18. The van der Waals surface area contributed by atoms with E-state index in [9.17, 15) is 9.59 Å². The largest absolute Gasteiger partial charge is 0.482 e. The average Bonchev–Trinajstić information content (AvgIpc) is 3.03. The van der Waals surface area contributed by atoms with E-state index >= 15 is 0 Å². The van der Waals surface area contributed by atoms with Gasteiger partial charge in [-0.25, -0.2) is 9.79 Å². The third kappa shape index (κ3) is 5.73. The predicted octanol–water partition coefficient (Wildman–Crippen LogP) is 4.53. The Balaban J connectivity index is 1.65. The van der Waals surface area contributed by atoms with Crippen LogP contribution in [-0.2, 0) is 14.3 Å². The molecule has 6 nitrogen and oxygen atoms in total. The topological polar surface area (TPSA) is 77.0 Å². The van der Waals surface area contributed by atoms with Crippen LogP contribution in [0.5, 0.6) is 5.75 Å². The lowest BCUT2D eigenvalue weighted by atomic mass is 10.1. The maximum absolute atomic E-state index is 12.3. The molecule has 0 spiro atoms. The van der Waals surface area contributed by atoms with Crippen LogP contribution in [0.3, 0.4) is 0 Å². The van der Waals surface area contributed by atoms with Gasteiger partial charge in [-0.15, -0.1) is 0 Å². The van der Waals surface area contributed by atoms with E-state index in [0.717, 1.165) is 22.4 Å². The summed E-state index contributed by atoms with van der Waals surface area (Å²) in [5.74, 6) is -0.0368. The number of nitrogens with zero attached hydrogens (tertiary/aromatic N) is 1. The fourth-order valence-corrected chi connectivity index (χ4v) is 3.53. The van der Waals surface area contributed by atoms with Crippen LogP contribution < -0.4 is 10.1 Å². The quantitative estimate of drug-likeness (QED) is 0.545. The molecule has 0 radical (unpaired) electrons. The molecule has 7 heteroatoms. The Kier molecular flexibility index (Phi) is 6.95. The maximum atomic E-state index is 12.3. The molecule has 2 aromatic rings. The van der Waals surface area contributed by atoms with Gasteiger partial charge < -0.3 is 14.8 Å². The third-order valence-electron chi connectivity index (χ3n) is 4.35. The van der Waals surface area contributed by atoms with Crippen molar-refractivity contribution < 1.29 is 19.1 Å². The monoisotopic (exact) mass is 424 g/mol. The highest BCUT2D eigenvalue weighted by Gasteiger charge is 2.24. The summed E-state index contributed by atoms with van der Waals surface area (Å²) in [5, 5.41) is 3.37. The van der Waals surface area contributed by atoms with E-state index in [-0.39, 0.29) is 18.6 Å². The van der Waals surface area contributed by atoms with Gasteiger partial charge in [-0.05, 0) is 80.4 Å². The number of amidine groups is 1. The van der Waals surface area contributed by atoms with Crippen molar-refractivity contribution >= 4 is 40.6 Å². The summed E-state index contributed by atoms with van der Waals surface area (Å²) in [6.07, 6.45) is 1.62. The predicted molar refractivity (Wildman–Crippen MR) is 120 cm³/mol. The summed E-state index contributed by atoms with van der Waals surface area (Å²) >= 11 is 1.31. The second-order valence-corrected chi connectivity index (χ2v) is 8.13. The van der Waals surface area contributed by atoms with Crippen LogP contribution in [-0.4, -0.2) is 29.8 Å². The Morgan fingerprint density at radius 1 is 1.17 bits per heavy atom. The van der Waals surface area contributed by atoms with Gasteiger partial charge in [0.1, 0.15) is 5.75 Å². The molecule has 1 saturated heterocycles. The number of amides is 1. The van der Waals surface area contributed by atoms with E-state index in [2.05, 4.69) is 10.3 Å². The smallest absolute Gasteiger partial charge is 0.344 e. The summed E-state index contributed by atoms with van der Waals surface area (Å²) < 4.78 is 10.5. The minimum absolute atomic E-state index is 0.144. The molecule has 1 fully saturated rings. The molecule has 156 valence electrons. The highest BCUT2D eigenvalue weighted by Crippen LogP contribution is 2.30. The van der Waals surface area contributed by atoms with Gasteiger partial charge in [0.15, 0.2) is 11.8 Å². The van der Waals surface area contributed by atoms with Crippen molar-refractivity contribution in [2.75, 3.05) is 6.61 Å². The molecule has 30 heavy (non-hydrogen) atoms. The standard InChI is InChI=1S/C23H24N2O4S/c1-14(2)29-21(26)13-28-18-10-8-17(9-11-18)12-20-22(27)25-23(30-20)24-19-7-5-6-15(3)16(19)4/h5-12,14H,13H2,1-4H3,(H,24,25,27)/b20-12-. The molecule has 0 aromatic heterocycles. The molecular weight excluding hydrogens is 400 g/mol. The minimum atomic E-state index is -0.411. The molecule has 0 atom stereocenters. The number of carbonyl (C=O) groups excluding carboxylic acids is 2. The number of esters is 1. The van der Waals surface area contributed by atoms with Gasteiger partial charge in [0.25, 0.3) is 5.91 Å². The van der Waals surface area contributed by atoms with Crippen molar-refractivity contribution in [1.29, 1.82) is 0 Å². The van der Waals surface area contributed by atoms with Crippen LogP contribution in [0.2, 0.25) is 0 Å². The number of benzene rings is 2. The van der Waals surface area contributed by atoms with Crippen LogP contribution in [0.25, 0.3) is 6.08 Å². The lowest BCUT2D eigenvalue weighted by molar-refractivity contribution is -0.149. The first-order chi connectivity index (χ1) is 14.3.